The van der Waals surface area contributed by atoms with Crippen molar-refractivity contribution < 1.29 is 14.3 Å². The first-order valence-corrected chi connectivity index (χ1v) is 10.4. The van der Waals surface area contributed by atoms with Gasteiger partial charge in [-0.1, -0.05) is 42.5 Å². The average molecular weight is 401 g/mol. The topological polar surface area (TPSA) is 72.4 Å². The predicted octanol–water partition coefficient (Wildman–Crippen LogP) is 4.39. The van der Waals surface area contributed by atoms with Crippen LogP contribution >= 0.6 is 0 Å². The Balaban J connectivity index is 1.26. The molecular weight excluding hydrogens is 378 g/mol. The molecule has 0 spiro atoms. The van der Waals surface area contributed by atoms with Gasteiger partial charge in [0.1, 0.15) is 12.3 Å². The SMILES string of the molecule is O=C(c1cnc2ccccc2n1)C1CC2CCC(C1)N2C(=O)OCc1ccccc1. The predicted molar refractivity (Wildman–Crippen MR) is 112 cm³/mol. The van der Waals surface area contributed by atoms with Crippen LogP contribution in [0.5, 0.6) is 0 Å². The van der Waals surface area contributed by atoms with E-state index in [1.165, 1.54) is 0 Å². The molecule has 5 rings (SSSR count). The highest BCUT2D eigenvalue weighted by molar-refractivity contribution is 5.97. The van der Waals surface area contributed by atoms with Gasteiger partial charge in [0.25, 0.3) is 0 Å². The van der Waals surface area contributed by atoms with E-state index in [2.05, 4.69) is 9.97 Å². The molecule has 2 unspecified atom stereocenters. The second kappa shape index (κ2) is 7.86. The Hall–Kier alpha value is -3.28. The molecule has 2 fully saturated rings. The van der Waals surface area contributed by atoms with Gasteiger partial charge in [0, 0.05) is 18.0 Å². The molecule has 6 heteroatoms. The molecule has 1 aromatic heterocycles. The van der Waals surface area contributed by atoms with Crippen LogP contribution in [0.4, 0.5) is 4.79 Å². The van der Waals surface area contributed by atoms with Gasteiger partial charge in [-0.3, -0.25) is 9.78 Å². The average Bonchev–Trinajstić information content (AvgIpc) is 3.06. The molecular formula is C24H23N3O3. The summed E-state index contributed by atoms with van der Waals surface area (Å²) in [4.78, 5) is 36.6. The van der Waals surface area contributed by atoms with E-state index in [-0.39, 0.29) is 36.5 Å². The van der Waals surface area contributed by atoms with Crippen LogP contribution in [0.15, 0.2) is 60.8 Å². The maximum Gasteiger partial charge on any atom is 0.410 e. The number of Topliss-reactive ketones (excluding diaryl/α,β-unsaturated/α-hetero) is 1. The van der Waals surface area contributed by atoms with Gasteiger partial charge in [-0.15, -0.1) is 0 Å². The number of benzene rings is 2. The minimum atomic E-state index is -0.275. The summed E-state index contributed by atoms with van der Waals surface area (Å²) < 4.78 is 5.56. The maximum atomic E-state index is 13.1. The number of nitrogens with zero attached hydrogens (tertiary/aromatic N) is 3. The van der Waals surface area contributed by atoms with Crippen molar-refractivity contribution >= 4 is 22.9 Å². The first-order valence-electron chi connectivity index (χ1n) is 10.4. The first-order chi connectivity index (χ1) is 14.7. The van der Waals surface area contributed by atoms with Gasteiger partial charge in [-0.2, -0.15) is 0 Å². The van der Waals surface area contributed by atoms with Crippen LogP contribution in [-0.4, -0.2) is 38.8 Å². The van der Waals surface area contributed by atoms with Crippen LogP contribution < -0.4 is 0 Å². The highest BCUT2D eigenvalue weighted by atomic mass is 16.6. The molecule has 2 aliphatic rings. The third kappa shape index (κ3) is 3.54. The lowest BCUT2D eigenvalue weighted by atomic mass is 9.86. The third-order valence-corrected chi connectivity index (χ3v) is 6.22. The van der Waals surface area contributed by atoms with Gasteiger partial charge in [-0.05, 0) is 43.4 Å². The van der Waals surface area contributed by atoms with Crippen molar-refractivity contribution in [2.45, 2.75) is 44.4 Å². The van der Waals surface area contributed by atoms with E-state index in [0.29, 0.717) is 18.5 Å². The lowest BCUT2D eigenvalue weighted by Gasteiger charge is -2.37. The van der Waals surface area contributed by atoms with Crippen molar-refractivity contribution in [1.82, 2.24) is 14.9 Å². The number of ether oxygens (including phenoxy) is 1. The fraction of sp³-hybridized carbons (Fsp3) is 0.333. The number of fused-ring (bicyclic) bond motifs is 3. The molecule has 30 heavy (non-hydrogen) atoms. The zero-order chi connectivity index (χ0) is 20.5. The Morgan fingerprint density at radius 3 is 2.33 bits per heavy atom. The van der Waals surface area contributed by atoms with E-state index >= 15 is 0 Å². The number of hydrogen-bond acceptors (Lipinski definition) is 5. The lowest BCUT2D eigenvalue weighted by molar-refractivity contribution is 0.0483. The van der Waals surface area contributed by atoms with Gasteiger partial charge in [-0.25, -0.2) is 9.78 Å². The number of aromatic nitrogens is 2. The fourth-order valence-corrected chi connectivity index (χ4v) is 4.77. The summed E-state index contributed by atoms with van der Waals surface area (Å²) >= 11 is 0. The van der Waals surface area contributed by atoms with Crippen molar-refractivity contribution in [1.29, 1.82) is 0 Å². The highest BCUT2D eigenvalue weighted by Gasteiger charge is 2.46. The van der Waals surface area contributed by atoms with Crippen LogP contribution in [0.3, 0.4) is 0 Å². The number of piperidine rings is 1. The van der Waals surface area contributed by atoms with E-state index in [0.717, 1.165) is 29.4 Å². The van der Waals surface area contributed by atoms with Crippen LogP contribution in [-0.2, 0) is 11.3 Å². The van der Waals surface area contributed by atoms with E-state index in [4.69, 9.17) is 4.74 Å². The molecule has 0 radical (unpaired) electrons. The summed E-state index contributed by atoms with van der Waals surface area (Å²) in [6, 6.07) is 17.3. The number of carbonyl (C=O) groups excluding carboxylic acids is 2. The Morgan fingerprint density at radius 1 is 0.933 bits per heavy atom. The zero-order valence-electron chi connectivity index (χ0n) is 16.6. The van der Waals surface area contributed by atoms with Gasteiger partial charge in [0.2, 0.25) is 0 Å². The Labute approximate surface area is 174 Å². The fourth-order valence-electron chi connectivity index (χ4n) is 4.77. The number of rotatable bonds is 4. The van der Waals surface area contributed by atoms with E-state index < -0.39 is 0 Å². The van der Waals surface area contributed by atoms with E-state index in [1.54, 1.807) is 6.20 Å². The molecule has 2 aromatic carbocycles. The molecule has 0 saturated carbocycles. The van der Waals surface area contributed by atoms with Crippen LogP contribution in [0.1, 0.15) is 41.7 Å². The van der Waals surface area contributed by atoms with E-state index in [1.807, 2.05) is 59.5 Å². The molecule has 2 atom stereocenters. The summed E-state index contributed by atoms with van der Waals surface area (Å²) in [5.74, 6) is -0.0985. The van der Waals surface area contributed by atoms with Crippen molar-refractivity contribution in [3.63, 3.8) is 0 Å². The molecule has 2 bridgehead atoms. The summed E-state index contributed by atoms with van der Waals surface area (Å²) in [6.07, 6.45) is 4.45. The molecule has 0 N–H and O–H groups in total. The molecule has 1 amide bonds. The number of carbonyl (C=O) groups is 2. The summed E-state index contributed by atoms with van der Waals surface area (Å²) in [7, 11) is 0. The monoisotopic (exact) mass is 401 g/mol. The second-order valence-electron chi connectivity index (χ2n) is 8.11. The molecule has 0 aliphatic carbocycles. The standard InChI is InChI=1S/C24H23N3O3/c28-23(22-14-25-20-8-4-5-9-21(20)26-22)17-12-18-10-11-19(13-17)27(18)24(29)30-15-16-6-2-1-3-7-16/h1-9,14,17-19H,10-13,15H2. The first kappa shape index (κ1) is 18.7. The third-order valence-electron chi connectivity index (χ3n) is 6.22. The molecule has 3 heterocycles. The minimum absolute atomic E-state index is 0.0301. The molecule has 6 nitrogen and oxygen atoms in total. The zero-order valence-corrected chi connectivity index (χ0v) is 16.6. The minimum Gasteiger partial charge on any atom is -0.445 e. The van der Waals surface area contributed by atoms with Crippen LogP contribution in [0.2, 0.25) is 0 Å². The normalized spacial score (nSPS) is 22.8. The Bertz CT molecular complexity index is 1070. The van der Waals surface area contributed by atoms with Crippen LogP contribution in [0, 0.1) is 5.92 Å². The highest BCUT2D eigenvalue weighted by Crippen LogP contribution is 2.40. The number of para-hydroxylation sites is 2. The van der Waals surface area contributed by atoms with Gasteiger partial charge >= 0.3 is 6.09 Å². The van der Waals surface area contributed by atoms with Gasteiger partial charge in [0.05, 0.1) is 17.2 Å². The van der Waals surface area contributed by atoms with E-state index in [9.17, 15) is 9.59 Å². The summed E-state index contributed by atoms with van der Waals surface area (Å²) in [5, 5.41) is 0. The maximum absolute atomic E-state index is 13.1. The van der Waals surface area contributed by atoms with Crippen molar-refractivity contribution in [3.05, 3.63) is 72.1 Å². The smallest absolute Gasteiger partial charge is 0.410 e. The number of amides is 1. The molecule has 2 aliphatic heterocycles. The van der Waals surface area contributed by atoms with Crippen molar-refractivity contribution in [3.8, 4) is 0 Å². The molecule has 3 aromatic rings. The summed E-state index contributed by atoms with van der Waals surface area (Å²) in [6.45, 7) is 0.269. The lowest BCUT2D eigenvalue weighted by Crippen LogP contribution is -2.48. The molecule has 152 valence electrons. The van der Waals surface area contributed by atoms with Gasteiger partial charge in [0.15, 0.2) is 5.78 Å². The van der Waals surface area contributed by atoms with Gasteiger partial charge < -0.3 is 9.64 Å². The number of hydrogen-bond donors (Lipinski definition) is 0. The summed E-state index contributed by atoms with van der Waals surface area (Å²) in [5.41, 5.74) is 2.90. The Morgan fingerprint density at radius 2 is 1.60 bits per heavy atom. The quantitative estimate of drug-likeness (QED) is 0.606. The van der Waals surface area contributed by atoms with Crippen molar-refractivity contribution in [2.75, 3.05) is 0 Å². The van der Waals surface area contributed by atoms with Crippen LogP contribution in [0.25, 0.3) is 11.0 Å². The number of ketones is 1. The Kier molecular flexibility index (Phi) is 4.91. The molecule has 2 saturated heterocycles. The second-order valence-corrected chi connectivity index (χ2v) is 8.11. The van der Waals surface area contributed by atoms with Crippen molar-refractivity contribution in [2.24, 2.45) is 5.92 Å². The largest absolute Gasteiger partial charge is 0.445 e.